The molecule has 3 rings (SSSR count). The average molecular weight is 293 g/mol. The highest BCUT2D eigenvalue weighted by Gasteiger charge is 2.32. The van der Waals surface area contributed by atoms with Gasteiger partial charge in [-0.25, -0.2) is 4.98 Å². The molecule has 0 amide bonds. The molecule has 1 aromatic rings. The molecule has 2 heterocycles. The number of alkyl halides is 1. The number of fused-ring (bicyclic) bond motifs is 1. The zero-order valence-electron chi connectivity index (χ0n) is 12.7. The monoisotopic (exact) mass is 292 g/mol. The Labute approximate surface area is 127 Å². The van der Waals surface area contributed by atoms with Crippen molar-refractivity contribution >= 4 is 17.4 Å². The molecular formula is C17H25ClN2. The number of pyridine rings is 1. The maximum Gasteiger partial charge on any atom is 0.133 e. The first kappa shape index (κ1) is 14.2. The van der Waals surface area contributed by atoms with Crippen molar-refractivity contribution in [2.24, 2.45) is 11.8 Å². The summed E-state index contributed by atoms with van der Waals surface area (Å²) in [5, 5.41) is 0. The number of anilines is 1. The largest absolute Gasteiger partial charge is 0.356 e. The highest BCUT2D eigenvalue weighted by molar-refractivity contribution is 6.17. The van der Waals surface area contributed by atoms with Gasteiger partial charge in [0.25, 0.3) is 0 Å². The van der Waals surface area contributed by atoms with Crippen LogP contribution in [-0.2, 0) is 5.88 Å². The molecule has 2 unspecified atom stereocenters. The Morgan fingerprint density at radius 2 is 1.95 bits per heavy atom. The molecule has 0 N–H and O–H groups in total. The molecule has 1 aliphatic carbocycles. The predicted octanol–water partition coefficient (Wildman–Crippen LogP) is 4.45. The predicted molar refractivity (Wildman–Crippen MR) is 85.5 cm³/mol. The van der Waals surface area contributed by atoms with Gasteiger partial charge in [0.1, 0.15) is 5.82 Å². The van der Waals surface area contributed by atoms with E-state index < -0.39 is 0 Å². The number of rotatable bonds is 2. The lowest BCUT2D eigenvalue weighted by Crippen LogP contribution is -2.42. The number of halogens is 1. The molecule has 3 heteroatoms. The van der Waals surface area contributed by atoms with E-state index in [1.165, 1.54) is 49.8 Å². The molecule has 20 heavy (non-hydrogen) atoms. The SMILES string of the molecule is Cc1cc(C)c(CCl)c(N2CCC3CCCCC3C2)n1. The third kappa shape index (κ3) is 2.67. The van der Waals surface area contributed by atoms with Crippen LogP contribution in [0.4, 0.5) is 5.82 Å². The van der Waals surface area contributed by atoms with E-state index in [0.717, 1.165) is 29.9 Å². The van der Waals surface area contributed by atoms with Crippen LogP contribution < -0.4 is 4.90 Å². The molecule has 0 radical (unpaired) electrons. The van der Waals surface area contributed by atoms with Gasteiger partial charge < -0.3 is 4.90 Å². The van der Waals surface area contributed by atoms with Gasteiger partial charge in [-0.1, -0.05) is 19.3 Å². The van der Waals surface area contributed by atoms with E-state index in [9.17, 15) is 0 Å². The molecular weight excluding hydrogens is 268 g/mol. The number of piperidine rings is 1. The quantitative estimate of drug-likeness (QED) is 0.749. The summed E-state index contributed by atoms with van der Waals surface area (Å²) in [5.41, 5.74) is 3.62. The fourth-order valence-electron chi connectivity index (χ4n) is 4.06. The molecule has 1 saturated heterocycles. The smallest absolute Gasteiger partial charge is 0.133 e. The Hall–Kier alpha value is -0.760. The first-order chi connectivity index (χ1) is 9.69. The normalized spacial score (nSPS) is 26.4. The first-order valence-corrected chi connectivity index (χ1v) is 8.50. The van der Waals surface area contributed by atoms with Crippen LogP contribution in [0.15, 0.2) is 6.07 Å². The van der Waals surface area contributed by atoms with Gasteiger partial charge in [0.2, 0.25) is 0 Å². The Kier molecular flexibility index (Phi) is 4.21. The Balaban J connectivity index is 1.86. The number of hydrogen-bond acceptors (Lipinski definition) is 2. The zero-order chi connectivity index (χ0) is 14.1. The maximum atomic E-state index is 6.18. The Morgan fingerprint density at radius 1 is 1.20 bits per heavy atom. The second-order valence-corrected chi connectivity index (χ2v) is 6.82. The van der Waals surface area contributed by atoms with Crippen molar-refractivity contribution in [2.45, 2.75) is 51.8 Å². The van der Waals surface area contributed by atoms with Crippen LogP contribution in [0.3, 0.4) is 0 Å². The molecule has 2 nitrogen and oxygen atoms in total. The third-order valence-electron chi connectivity index (χ3n) is 5.18. The molecule has 1 aromatic heterocycles. The Morgan fingerprint density at radius 3 is 2.70 bits per heavy atom. The summed E-state index contributed by atoms with van der Waals surface area (Å²) in [6, 6.07) is 2.15. The lowest BCUT2D eigenvalue weighted by Gasteiger charge is -2.42. The van der Waals surface area contributed by atoms with E-state index in [1.54, 1.807) is 0 Å². The number of aromatic nitrogens is 1. The summed E-state index contributed by atoms with van der Waals surface area (Å²) in [7, 11) is 0. The van der Waals surface area contributed by atoms with Crippen LogP contribution in [0.25, 0.3) is 0 Å². The summed E-state index contributed by atoms with van der Waals surface area (Å²) < 4.78 is 0. The zero-order valence-corrected chi connectivity index (χ0v) is 13.4. The lowest BCUT2D eigenvalue weighted by molar-refractivity contribution is 0.202. The molecule has 2 atom stereocenters. The highest BCUT2D eigenvalue weighted by Crippen LogP contribution is 2.38. The van der Waals surface area contributed by atoms with E-state index >= 15 is 0 Å². The molecule has 1 saturated carbocycles. The number of hydrogen-bond donors (Lipinski definition) is 0. The van der Waals surface area contributed by atoms with Crippen LogP contribution in [-0.4, -0.2) is 18.1 Å². The van der Waals surface area contributed by atoms with Crippen molar-refractivity contribution in [3.05, 3.63) is 22.9 Å². The summed E-state index contributed by atoms with van der Waals surface area (Å²) in [4.78, 5) is 7.31. The van der Waals surface area contributed by atoms with Gasteiger partial charge >= 0.3 is 0 Å². The second-order valence-electron chi connectivity index (χ2n) is 6.56. The molecule has 0 aromatic carbocycles. The van der Waals surface area contributed by atoms with Gasteiger partial charge in [-0.15, -0.1) is 11.6 Å². The van der Waals surface area contributed by atoms with Gasteiger partial charge in [0.05, 0.1) is 5.88 Å². The van der Waals surface area contributed by atoms with E-state index in [1.807, 2.05) is 0 Å². The van der Waals surface area contributed by atoms with Crippen molar-refractivity contribution < 1.29 is 0 Å². The number of aryl methyl sites for hydroxylation is 2. The van der Waals surface area contributed by atoms with E-state index in [4.69, 9.17) is 16.6 Å². The second kappa shape index (κ2) is 5.93. The van der Waals surface area contributed by atoms with Gasteiger partial charge in [-0.05, 0) is 50.2 Å². The molecule has 1 aliphatic heterocycles. The van der Waals surface area contributed by atoms with E-state index in [2.05, 4.69) is 24.8 Å². The van der Waals surface area contributed by atoms with Crippen LogP contribution in [0.5, 0.6) is 0 Å². The summed E-state index contributed by atoms with van der Waals surface area (Å²) in [5.74, 6) is 3.56. The summed E-state index contributed by atoms with van der Waals surface area (Å²) in [6.45, 7) is 6.58. The Bertz CT molecular complexity index is 486. The van der Waals surface area contributed by atoms with Gasteiger partial charge in [0.15, 0.2) is 0 Å². The van der Waals surface area contributed by atoms with Crippen molar-refractivity contribution in [3.8, 4) is 0 Å². The molecule has 0 bridgehead atoms. The van der Waals surface area contributed by atoms with Crippen molar-refractivity contribution in [2.75, 3.05) is 18.0 Å². The minimum absolute atomic E-state index is 0.568. The van der Waals surface area contributed by atoms with Gasteiger partial charge in [-0.3, -0.25) is 0 Å². The molecule has 2 fully saturated rings. The van der Waals surface area contributed by atoms with Gasteiger partial charge in [-0.2, -0.15) is 0 Å². The summed E-state index contributed by atoms with van der Waals surface area (Å²) in [6.07, 6.45) is 7.04. The standard InChI is InChI=1S/C17H25ClN2/c1-12-9-13(2)19-17(16(12)10-18)20-8-7-14-5-3-4-6-15(14)11-20/h9,14-15H,3-8,10-11H2,1-2H3. The third-order valence-corrected chi connectivity index (χ3v) is 5.45. The van der Waals surface area contributed by atoms with Gasteiger partial charge in [0, 0.05) is 24.3 Å². The lowest BCUT2D eigenvalue weighted by atomic mass is 9.75. The molecule has 110 valence electrons. The molecule has 0 spiro atoms. The maximum absolute atomic E-state index is 6.18. The van der Waals surface area contributed by atoms with Crippen molar-refractivity contribution in [3.63, 3.8) is 0 Å². The number of nitrogens with zero attached hydrogens (tertiary/aromatic N) is 2. The van der Waals surface area contributed by atoms with Crippen LogP contribution in [0.2, 0.25) is 0 Å². The van der Waals surface area contributed by atoms with Crippen molar-refractivity contribution in [1.29, 1.82) is 0 Å². The van der Waals surface area contributed by atoms with Crippen LogP contribution >= 0.6 is 11.6 Å². The summed E-state index contributed by atoms with van der Waals surface area (Å²) >= 11 is 6.18. The fourth-order valence-corrected chi connectivity index (χ4v) is 4.39. The van der Waals surface area contributed by atoms with Crippen LogP contribution in [0.1, 0.15) is 48.9 Å². The van der Waals surface area contributed by atoms with Crippen molar-refractivity contribution in [1.82, 2.24) is 4.98 Å². The minimum atomic E-state index is 0.568. The van der Waals surface area contributed by atoms with E-state index in [-0.39, 0.29) is 0 Å². The molecule has 2 aliphatic rings. The van der Waals surface area contributed by atoms with E-state index in [0.29, 0.717) is 5.88 Å². The van der Waals surface area contributed by atoms with Crippen LogP contribution in [0, 0.1) is 25.7 Å². The minimum Gasteiger partial charge on any atom is -0.356 e. The highest BCUT2D eigenvalue weighted by atomic mass is 35.5. The first-order valence-electron chi connectivity index (χ1n) is 7.97. The topological polar surface area (TPSA) is 16.1 Å². The fraction of sp³-hybridized carbons (Fsp3) is 0.706. The average Bonchev–Trinajstić information content (AvgIpc) is 2.46.